The standard InChI is InChI=1S/C14H24N2OS/c1-3-6-12-13(10-17)18-14(15-12)16(4-2)9-11-7-5-8-11/h11,17H,3-10H2,1-2H3. The molecule has 102 valence electrons. The van der Waals surface area contributed by atoms with Crippen LogP contribution in [-0.4, -0.2) is 23.2 Å². The smallest absolute Gasteiger partial charge is 0.185 e. The molecule has 0 bridgehead atoms. The number of hydrogen-bond acceptors (Lipinski definition) is 4. The number of aliphatic hydroxyl groups is 1. The van der Waals surface area contributed by atoms with Crippen molar-refractivity contribution >= 4 is 16.5 Å². The molecule has 1 saturated carbocycles. The topological polar surface area (TPSA) is 36.4 Å². The molecule has 0 atom stereocenters. The van der Waals surface area contributed by atoms with Gasteiger partial charge in [-0.1, -0.05) is 31.1 Å². The summed E-state index contributed by atoms with van der Waals surface area (Å²) in [6.07, 6.45) is 6.20. The van der Waals surface area contributed by atoms with E-state index in [1.807, 2.05) is 0 Å². The quantitative estimate of drug-likeness (QED) is 0.825. The summed E-state index contributed by atoms with van der Waals surface area (Å²) in [6.45, 7) is 6.64. The van der Waals surface area contributed by atoms with E-state index in [9.17, 15) is 5.11 Å². The van der Waals surface area contributed by atoms with Gasteiger partial charge in [-0.15, -0.1) is 0 Å². The van der Waals surface area contributed by atoms with Crippen molar-refractivity contribution in [3.63, 3.8) is 0 Å². The molecule has 0 unspecified atom stereocenters. The minimum atomic E-state index is 0.133. The molecule has 1 aliphatic carbocycles. The third-order valence-corrected chi connectivity index (χ3v) is 4.90. The second kappa shape index (κ2) is 6.53. The van der Waals surface area contributed by atoms with E-state index in [4.69, 9.17) is 4.98 Å². The lowest BCUT2D eigenvalue weighted by molar-refractivity contribution is 0.284. The van der Waals surface area contributed by atoms with E-state index >= 15 is 0 Å². The molecule has 3 nitrogen and oxygen atoms in total. The van der Waals surface area contributed by atoms with Crippen LogP contribution in [0.25, 0.3) is 0 Å². The van der Waals surface area contributed by atoms with Gasteiger partial charge in [0, 0.05) is 13.1 Å². The van der Waals surface area contributed by atoms with E-state index in [-0.39, 0.29) is 6.61 Å². The fourth-order valence-electron chi connectivity index (χ4n) is 2.39. The summed E-state index contributed by atoms with van der Waals surface area (Å²) in [4.78, 5) is 8.17. The zero-order chi connectivity index (χ0) is 13.0. The van der Waals surface area contributed by atoms with Crippen molar-refractivity contribution in [3.05, 3.63) is 10.6 Å². The third kappa shape index (κ3) is 3.04. The Kier molecular flexibility index (Phi) is 5.01. The molecular weight excluding hydrogens is 244 g/mol. The molecule has 4 heteroatoms. The maximum Gasteiger partial charge on any atom is 0.185 e. The second-order valence-electron chi connectivity index (χ2n) is 5.11. The van der Waals surface area contributed by atoms with Gasteiger partial charge in [-0.05, 0) is 32.1 Å². The molecule has 0 aromatic carbocycles. The predicted octanol–water partition coefficient (Wildman–Crippen LogP) is 3.21. The molecule has 1 aliphatic rings. The number of anilines is 1. The molecule has 0 saturated heterocycles. The number of hydrogen-bond donors (Lipinski definition) is 1. The van der Waals surface area contributed by atoms with Gasteiger partial charge in [-0.25, -0.2) is 4.98 Å². The lowest BCUT2D eigenvalue weighted by atomic mass is 9.85. The van der Waals surface area contributed by atoms with Crippen LogP contribution in [0.15, 0.2) is 0 Å². The van der Waals surface area contributed by atoms with Gasteiger partial charge in [0.15, 0.2) is 5.13 Å². The average molecular weight is 268 g/mol. The first-order chi connectivity index (χ1) is 8.78. The Balaban J connectivity index is 2.08. The number of nitrogens with zero attached hydrogens (tertiary/aromatic N) is 2. The highest BCUT2D eigenvalue weighted by Crippen LogP contribution is 2.32. The van der Waals surface area contributed by atoms with E-state index in [0.29, 0.717) is 0 Å². The van der Waals surface area contributed by atoms with Crippen LogP contribution in [0, 0.1) is 5.92 Å². The van der Waals surface area contributed by atoms with Gasteiger partial charge in [-0.2, -0.15) is 0 Å². The summed E-state index contributed by atoms with van der Waals surface area (Å²) in [5.41, 5.74) is 1.10. The average Bonchev–Trinajstić information content (AvgIpc) is 2.71. The van der Waals surface area contributed by atoms with Crippen molar-refractivity contribution in [1.29, 1.82) is 0 Å². The molecule has 18 heavy (non-hydrogen) atoms. The molecule has 0 aliphatic heterocycles. The minimum Gasteiger partial charge on any atom is -0.391 e. The predicted molar refractivity (Wildman–Crippen MR) is 77.3 cm³/mol. The molecular formula is C14H24N2OS. The van der Waals surface area contributed by atoms with Crippen molar-refractivity contribution in [1.82, 2.24) is 4.98 Å². The van der Waals surface area contributed by atoms with Gasteiger partial charge in [-0.3, -0.25) is 0 Å². The van der Waals surface area contributed by atoms with E-state index in [1.54, 1.807) is 11.3 Å². The molecule has 1 fully saturated rings. The summed E-state index contributed by atoms with van der Waals surface area (Å²) < 4.78 is 0. The summed E-state index contributed by atoms with van der Waals surface area (Å²) in [5.74, 6) is 0.862. The van der Waals surface area contributed by atoms with Crippen LogP contribution in [0.3, 0.4) is 0 Å². The summed E-state index contributed by atoms with van der Waals surface area (Å²) >= 11 is 1.67. The van der Waals surface area contributed by atoms with Gasteiger partial charge in [0.1, 0.15) is 0 Å². The summed E-state index contributed by atoms with van der Waals surface area (Å²) in [7, 11) is 0. The van der Waals surface area contributed by atoms with Gasteiger partial charge in [0.25, 0.3) is 0 Å². The Hall–Kier alpha value is -0.610. The Bertz CT molecular complexity index is 374. The number of aliphatic hydroxyl groups excluding tert-OH is 1. The zero-order valence-electron chi connectivity index (χ0n) is 11.5. The highest BCUT2D eigenvalue weighted by molar-refractivity contribution is 7.15. The highest BCUT2D eigenvalue weighted by Gasteiger charge is 2.22. The lowest BCUT2D eigenvalue weighted by Crippen LogP contribution is -2.32. The van der Waals surface area contributed by atoms with Crippen LogP contribution in [0.2, 0.25) is 0 Å². The lowest BCUT2D eigenvalue weighted by Gasteiger charge is -2.31. The van der Waals surface area contributed by atoms with Gasteiger partial charge >= 0.3 is 0 Å². The van der Waals surface area contributed by atoms with E-state index in [2.05, 4.69) is 18.7 Å². The van der Waals surface area contributed by atoms with Gasteiger partial charge in [0.05, 0.1) is 17.2 Å². The molecule has 1 aromatic rings. The molecule has 1 heterocycles. The molecule has 0 amide bonds. The fraction of sp³-hybridized carbons (Fsp3) is 0.786. The number of rotatable bonds is 7. The number of aryl methyl sites for hydroxylation is 1. The van der Waals surface area contributed by atoms with E-state index < -0.39 is 0 Å². The van der Waals surface area contributed by atoms with Gasteiger partial charge < -0.3 is 10.0 Å². The molecule has 1 aromatic heterocycles. The molecule has 0 spiro atoms. The molecule has 1 N–H and O–H groups in total. The van der Waals surface area contributed by atoms with E-state index in [0.717, 1.165) is 47.6 Å². The van der Waals surface area contributed by atoms with Crippen LogP contribution in [-0.2, 0) is 13.0 Å². The minimum absolute atomic E-state index is 0.133. The van der Waals surface area contributed by atoms with Crippen LogP contribution >= 0.6 is 11.3 Å². The first-order valence-corrected chi connectivity index (χ1v) is 7.94. The zero-order valence-corrected chi connectivity index (χ0v) is 12.3. The fourth-order valence-corrected chi connectivity index (χ4v) is 3.43. The Morgan fingerprint density at radius 2 is 2.17 bits per heavy atom. The Morgan fingerprint density at radius 3 is 2.67 bits per heavy atom. The van der Waals surface area contributed by atoms with Crippen molar-refractivity contribution < 1.29 is 5.11 Å². The van der Waals surface area contributed by atoms with Crippen LogP contribution in [0.1, 0.15) is 50.1 Å². The van der Waals surface area contributed by atoms with Crippen LogP contribution in [0.5, 0.6) is 0 Å². The largest absolute Gasteiger partial charge is 0.391 e. The van der Waals surface area contributed by atoms with Crippen LogP contribution < -0.4 is 4.90 Å². The Labute approximate surface area is 114 Å². The van der Waals surface area contributed by atoms with Gasteiger partial charge in [0.2, 0.25) is 0 Å². The van der Waals surface area contributed by atoms with E-state index in [1.165, 1.54) is 19.3 Å². The monoisotopic (exact) mass is 268 g/mol. The van der Waals surface area contributed by atoms with Crippen molar-refractivity contribution in [3.8, 4) is 0 Å². The van der Waals surface area contributed by atoms with Crippen molar-refractivity contribution in [2.75, 3.05) is 18.0 Å². The first-order valence-electron chi connectivity index (χ1n) is 7.12. The van der Waals surface area contributed by atoms with Crippen LogP contribution in [0.4, 0.5) is 5.13 Å². The normalized spacial score (nSPS) is 15.7. The maximum atomic E-state index is 9.40. The summed E-state index contributed by atoms with van der Waals surface area (Å²) in [6, 6.07) is 0. The first kappa shape index (κ1) is 13.8. The van der Waals surface area contributed by atoms with Crippen molar-refractivity contribution in [2.45, 2.75) is 52.6 Å². The molecule has 2 rings (SSSR count). The molecule has 0 radical (unpaired) electrons. The maximum absolute atomic E-state index is 9.40. The summed E-state index contributed by atoms with van der Waals surface area (Å²) in [5, 5.41) is 10.5. The number of aromatic nitrogens is 1. The third-order valence-electron chi connectivity index (χ3n) is 3.75. The second-order valence-corrected chi connectivity index (χ2v) is 6.17. The SMILES string of the molecule is CCCc1nc(N(CC)CC2CCC2)sc1CO. The highest BCUT2D eigenvalue weighted by atomic mass is 32.1. The van der Waals surface area contributed by atoms with Crippen molar-refractivity contribution in [2.24, 2.45) is 5.92 Å². The number of thiazole rings is 1. The Morgan fingerprint density at radius 1 is 1.39 bits per heavy atom.